The fourth-order valence-electron chi connectivity index (χ4n) is 2.50. The molecule has 0 aliphatic rings. The van der Waals surface area contributed by atoms with Crippen molar-refractivity contribution < 1.29 is 14.6 Å². The lowest BCUT2D eigenvalue weighted by molar-refractivity contribution is 0.0698. The van der Waals surface area contributed by atoms with E-state index < -0.39 is 5.97 Å². The van der Waals surface area contributed by atoms with Crippen LogP contribution < -0.4 is 4.74 Å². The summed E-state index contributed by atoms with van der Waals surface area (Å²) >= 11 is 2.25. The maximum atomic E-state index is 11.5. The van der Waals surface area contributed by atoms with Gasteiger partial charge in [-0.1, -0.05) is 18.2 Å². The maximum absolute atomic E-state index is 11.5. The van der Waals surface area contributed by atoms with Gasteiger partial charge in [0.1, 0.15) is 0 Å². The van der Waals surface area contributed by atoms with Crippen LogP contribution in [-0.2, 0) is 6.54 Å². The summed E-state index contributed by atoms with van der Waals surface area (Å²) in [4.78, 5) is 16.0. The van der Waals surface area contributed by atoms with Crippen molar-refractivity contribution in [3.8, 4) is 6.01 Å². The van der Waals surface area contributed by atoms with Gasteiger partial charge in [-0.3, -0.25) is 4.57 Å². The molecule has 0 bridgehead atoms. The Bertz CT molecular complexity index is 856. The third-order valence-electron chi connectivity index (χ3n) is 3.49. The Kier molecular flexibility index (Phi) is 4.51. The van der Waals surface area contributed by atoms with Gasteiger partial charge in [0.25, 0.3) is 6.01 Å². The average Bonchev–Trinajstić information content (AvgIpc) is 2.87. The van der Waals surface area contributed by atoms with Crippen molar-refractivity contribution in [2.45, 2.75) is 13.5 Å². The predicted octanol–water partition coefficient (Wildman–Crippen LogP) is 3.79. The zero-order chi connectivity index (χ0) is 16.4. The Labute approximate surface area is 147 Å². The molecule has 5 nitrogen and oxygen atoms in total. The number of carboxylic acid groups (broad SMARTS) is 1. The Morgan fingerprint density at radius 2 is 2.00 bits per heavy atom. The number of aromatic carboxylic acids is 1. The molecule has 0 saturated carbocycles. The van der Waals surface area contributed by atoms with Gasteiger partial charge in [-0.05, 0) is 59.3 Å². The number of para-hydroxylation sites is 1. The number of hydrogen-bond donors (Lipinski definition) is 1. The van der Waals surface area contributed by atoms with Crippen LogP contribution in [-0.4, -0.2) is 27.2 Å². The number of carboxylic acids is 1. The van der Waals surface area contributed by atoms with Gasteiger partial charge >= 0.3 is 5.97 Å². The number of rotatable bonds is 5. The number of imidazole rings is 1. The molecule has 3 rings (SSSR count). The van der Waals surface area contributed by atoms with E-state index in [0.29, 0.717) is 30.2 Å². The van der Waals surface area contributed by atoms with Gasteiger partial charge in [-0.25, -0.2) is 4.79 Å². The first-order valence-corrected chi connectivity index (χ1v) is 8.27. The fourth-order valence-corrected chi connectivity index (χ4v) is 2.85. The molecule has 6 heteroatoms. The summed E-state index contributed by atoms with van der Waals surface area (Å²) in [5.41, 5.74) is 2.50. The number of aromatic nitrogens is 2. The van der Waals surface area contributed by atoms with E-state index >= 15 is 0 Å². The van der Waals surface area contributed by atoms with Gasteiger partial charge in [0.15, 0.2) is 0 Å². The zero-order valence-corrected chi connectivity index (χ0v) is 14.6. The summed E-state index contributed by atoms with van der Waals surface area (Å²) in [6.07, 6.45) is 0. The molecule has 0 aliphatic heterocycles. The van der Waals surface area contributed by atoms with Crippen LogP contribution in [0.15, 0.2) is 42.5 Å². The van der Waals surface area contributed by atoms with Crippen LogP contribution in [0.3, 0.4) is 0 Å². The molecule has 0 amide bonds. The van der Waals surface area contributed by atoms with Crippen molar-refractivity contribution in [2.75, 3.05) is 6.61 Å². The summed E-state index contributed by atoms with van der Waals surface area (Å²) in [5, 5.41) is 9.47. The Morgan fingerprint density at radius 3 is 2.65 bits per heavy atom. The SMILES string of the molecule is CCOc1nc2cccc(C(=O)O)c2n1Cc1ccc(I)cc1. The van der Waals surface area contributed by atoms with Gasteiger partial charge in [-0.2, -0.15) is 4.98 Å². The molecule has 0 spiro atoms. The standard InChI is InChI=1S/C17H15IN2O3/c1-2-23-17-19-14-5-3-4-13(16(21)22)15(14)20(17)10-11-6-8-12(18)9-7-11/h3-9H,2,10H2,1H3,(H,21,22). The second kappa shape index (κ2) is 6.57. The van der Waals surface area contributed by atoms with Crippen LogP contribution in [0, 0.1) is 3.57 Å². The van der Waals surface area contributed by atoms with Crippen molar-refractivity contribution in [1.82, 2.24) is 9.55 Å². The van der Waals surface area contributed by atoms with Crippen LogP contribution >= 0.6 is 22.6 Å². The Hall–Kier alpha value is -2.09. The molecule has 0 unspecified atom stereocenters. The molecule has 0 fully saturated rings. The smallest absolute Gasteiger partial charge is 0.337 e. The quantitative estimate of drug-likeness (QED) is 0.636. The molecule has 0 radical (unpaired) electrons. The van der Waals surface area contributed by atoms with Crippen LogP contribution in [0.4, 0.5) is 0 Å². The van der Waals surface area contributed by atoms with E-state index in [2.05, 4.69) is 27.6 Å². The molecule has 1 aromatic heterocycles. The Morgan fingerprint density at radius 1 is 1.26 bits per heavy atom. The highest BCUT2D eigenvalue weighted by Crippen LogP contribution is 2.26. The van der Waals surface area contributed by atoms with Gasteiger partial charge in [0, 0.05) is 3.57 Å². The number of halogens is 1. The third kappa shape index (κ3) is 3.17. The van der Waals surface area contributed by atoms with Crippen LogP contribution in [0.1, 0.15) is 22.8 Å². The van der Waals surface area contributed by atoms with Gasteiger partial charge in [-0.15, -0.1) is 0 Å². The normalized spacial score (nSPS) is 10.9. The number of nitrogens with zero attached hydrogens (tertiary/aromatic N) is 2. The van der Waals surface area contributed by atoms with Crippen molar-refractivity contribution >= 4 is 39.6 Å². The lowest BCUT2D eigenvalue weighted by atomic mass is 10.1. The van der Waals surface area contributed by atoms with E-state index in [-0.39, 0.29) is 5.56 Å². The number of benzene rings is 2. The zero-order valence-electron chi connectivity index (χ0n) is 12.5. The molecule has 2 aromatic carbocycles. The number of carbonyl (C=O) groups is 1. The van der Waals surface area contributed by atoms with Crippen LogP contribution in [0.5, 0.6) is 6.01 Å². The third-order valence-corrected chi connectivity index (χ3v) is 4.21. The van der Waals surface area contributed by atoms with E-state index in [1.165, 1.54) is 0 Å². The highest BCUT2D eigenvalue weighted by molar-refractivity contribution is 14.1. The monoisotopic (exact) mass is 422 g/mol. The van der Waals surface area contributed by atoms with Gasteiger partial charge in [0.2, 0.25) is 0 Å². The number of fused-ring (bicyclic) bond motifs is 1. The minimum atomic E-state index is -0.970. The van der Waals surface area contributed by atoms with Crippen LogP contribution in [0.25, 0.3) is 11.0 Å². The molecular formula is C17H15IN2O3. The lowest BCUT2D eigenvalue weighted by Crippen LogP contribution is -2.07. The number of ether oxygens (including phenoxy) is 1. The summed E-state index contributed by atoms with van der Waals surface area (Å²) in [6, 6.07) is 13.6. The number of hydrogen-bond acceptors (Lipinski definition) is 3. The molecular weight excluding hydrogens is 407 g/mol. The predicted molar refractivity (Wildman–Crippen MR) is 96.1 cm³/mol. The molecule has 23 heavy (non-hydrogen) atoms. The van der Waals surface area contributed by atoms with Crippen molar-refractivity contribution in [2.24, 2.45) is 0 Å². The van der Waals surface area contributed by atoms with Crippen LogP contribution in [0.2, 0.25) is 0 Å². The van der Waals surface area contributed by atoms with Crippen molar-refractivity contribution in [1.29, 1.82) is 0 Å². The molecule has 3 aromatic rings. The molecule has 0 aliphatic carbocycles. The van der Waals surface area contributed by atoms with Crippen molar-refractivity contribution in [3.63, 3.8) is 0 Å². The molecule has 0 atom stereocenters. The maximum Gasteiger partial charge on any atom is 0.337 e. The second-order valence-electron chi connectivity index (χ2n) is 5.02. The Balaban J connectivity index is 2.17. The fraction of sp³-hybridized carbons (Fsp3) is 0.176. The minimum Gasteiger partial charge on any atom is -0.478 e. The second-order valence-corrected chi connectivity index (χ2v) is 6.26. The summed E-state index contributed by atoms with van der Waals surface area (Å²) in [6.45, 7) is 2.86. The summed E-state index contributed by atoms with van der Waals surface area (Å²) in [7, 11) is 0. The first kappa shape index (κ1) is 15.8. The molecule has 1 heterocycles. The highest BCUT2D eigenvalue weighted by atomic mass is 127. The summed E-state index contributed by atoms with van der Waals surface area (Å²) in [5.74, 6) is -0.970. The molecule has 118 valence electrons. The lowest BCUT2D eigenvalue weighted by Gasteiger charge is -2.10. The van der Waals surface area contributed by atoms with Gasteiger partial charge in [0.05, 0.1) is 29.7 Å². The van der Waals surface area contributed by atoms with E-state index in [9.17, 15) is 9.90 Å². The first-order chi connectivity index (χ1) is 11.1. The minimum absolute atomic E-state index is 0.228. The summed E-state index contributed by atoms with van der Waals surface area (Å²) < 4.78 is 8.59. The van der Waals surface area contributed by atoms with Gasteiger partial charge < -0.3 is 9.84 Å². The van der Waals surface area contributed by atoms with E-state index in [1.54, 1.807) is 18.2 Å². The average molecular weight is 422 g/mol. The topological polar surface area (TPSA) is 64.3 Å². The highest BCUT2D eigenvalue weighted by Gasteiger charge is 2.18. The van der Waals surface area contributed by atoms with E-state index in [4.69, 9.17) is 4.74 Å². The molecule has 0 saturated heterocycles. The first-order valence-electron chi connectivity index (χ1n) is 7.20. The van der Waals surface area contributed by atoms with E-state index in [0.717, 1.165) is 9.13 Å². The van der Waals surface area contributed by atoms with E-state index in [1.807, 2.05) is 35.8 Å². The van der Waals surface area contributed by atoms with Crippen molar-refractivity contribution in [3.05, 3.63) is 57.2 Å². The molecule has 1 N–H and O–H groups in total. The largest absolute Gasteiger partial charge is 0.478 e.